The predicted octanol–water partition coefficient (Wildman–Crippen LogP) is 5.85. The molecule has 0 N–H and O–H groups in total. The maximum Gasteiger partial charge on any atom is 0.0552 e. The van der Waals surface area contributed by atoms with Gasteiger partial charge in [-0.05, 0) is 37.3 Å². The molecule has 0 aliphatic carbocycles. The van der Waals surface area contributed by atoms with E-state index < -0.39 is 0 Å². The molecule has 2 heteroatoms. The van der Waals surface area contributed by atoms with Crippen molar-refractivity contribution >= 4 is 37.7 Å². The molecule has 21 heavy (non-hydrogen) atoms. The molecule has 0 saturated heterocycles. The summed E-state index contributed by atoms with van der Waals surface area (Å²) in [4.78, 5) is 0. The van der Waals surface area contributed by atoms with Gasteiger partial charge >= 0.3 is 0 Å². The number of hydrogen-bond acceptors (Lipinski definition) is 0. The zero-order chi connectivity index (χ0) is 14.4. The van der Waals surface area contributed by atoms with Crippen LogP contribution in [0.2, 0.25) is 0 Å². The highest BCUT2D eigenvalue weighted by atomic mass is 79.9. The van der Waals surface area contributed by atoms with Gasteiger partial charge in [-0.15, -0.1) is 0 Å². The Hall–Kier alpha value is -2.06. The second kappa shape index (κ2) is 4.74. The predicted molar refractivity (Wildman–Crippen MR) is 93.2 cm³/mol. The van der Waals surface area contributed by atoms with Gasteiger partial charge in [-0.3, -0.25) is 0 Å². The highest BCUT2D eigenvalue weighted by molar-refractivity contribution is 9.10. The van der Waals surface area contributed by atoms with Gasteiger partial charge < -0.3 is 4.57 Å². The van der Waals surface area contributed by atoms with Crippen LogP contribution in [0.5, 0.6) is 0 Å². The van der Waals surface area contributed by atoms with Gasteiger partial charge in [0.1, 0.15) is 0 Å². The van der Waals surface area contributed by atoms with E-state index in [1.165, 1.54) is 33.1 Å². The molecule has 0 aliphatic heterocycles. The van der Waals surface area contributed by atoms with E-state index in [2.05, 4.69) is 94.2 Å². The Morgan fingerprint density at radius 2 is 1.48 bits per heavy atom. The molecule has 0 fully saturated rings. The Morgan fingerprint density at radius 3 is 2.29 bits per heavy atom. The van der Waals surface area contributed by atoms with Gasteiger partial charge in [0.15, 0.2) is 0 Å². The van der Waals surface area contributed by atoms with Crippen molar-refractivity contribution in [3.8, 4) is 5.69 Å². The number of aryl methyl sites for hydroxylation is 1. The standard InChI is InChI=1S/C19H14BrN/c1-13-9-11-14(12-10-13)21-17-7-3-2-5-15(17)19-16(20)6-4-8-18(19)21/h2-12H,1H3. The van der Waals surface area contributed by atoms with E-state index in [4.69, 9.17) is 0 Å². The molecular formula is C19H14BrN. The number of aromatic nitrogens is 1. The van der Waals surface area contributed by atoms with Crippen molar-refractivity contribution in [1.29, 1.82) is 0 Å². The molecule has 4 rings (SSSR count). The molecule has 1 nitrogen and oxygen atoms in total. The summed E-state index contributed by atoms with van der Waals surface area (Å²) in [6, 6.07) is 23.6. The maximum atomic E-state index is 3.70. The normalized spacial score (nSPS) is 11.3. The number of benzene rings is 3. The lowest BCUT2D eigenvalue weighted by Gasteiger charge is -2.08. The van der Waals surface area contributed by atoms with Gasteiger partial charge in [0.05, 0.1) is 11.0 Å². The molecule has 0 atom stereocenters. The fraction of sp³-hybridized carbons (Fsp3) is 0.0526. The lowest BCUT2D eigenvalue weighted by Crippen LogP contribution is -1.93. The molecule has 1 aromatic heterocycles. The average Bonchev–Trinajstić information content (AvgIpc) is 2.84. The SMILES string of the molecule is Cc1ccc(-n2c3ccccc3c3c(Br)cccc32)cc1. The second-order valence-corrected chi connectivity index (χ2v) is 6.18. The second-order valence-electron chi connectivity index (χ2n) is 5.32. The number of para-hydroxylation sites is 1. The van der Waals surface area contributed by atoms with Crippen LogP contribution in [0.25, 0.3) is 27.5 Å². The molecule has 0 bridgehead atoms. The van der Waals surface area contributed by atoms with Gasteiger partial charge in [0, 0.05) is 20.9 Å². The van der Waals surface area contributed by atoms with Gasteiger partial charge in [0.2, 0.25) is 0 Å². The topological polar surface area (TPSA) is 4.93 Å². The van der Waals surface area contributed by atoms with Crippen LogP contribution >= 0.6 is 15.9 Å². The molecule has 0 radical (unpaired) electrons. The quantitative estimate of drug-likeness (QED) is 0.411. The number of fused-ring (bicyclic) bond motifs is 3. The summed E-state index contributed by atoms with van der Waals surface area (Å²) in [5.74, 6) is 0. The lowest BCUT2D eigenvalue weighted by molar-refractivity contribution is 1.17. The first kappa shape index (κ1) is 12.7. The summed E-state index contributed by atoms with van der Waals surface area (Å²) in [5, 5.41) is 2.55. The highest BCUT2D eigenvalue weighted by Crippen LogP contribution is 2.36. The van der Waals surface area contributed by atoms with Crippen LogP contribution in [0.3, 0.4) is 0 Å². The number of hydrogen-bond donors (Lipinski definition) is 0. The van der Waals surface area contributed by atoms with Crippen LogP contribution in [0.1, 0.15) is 5.56 Å². The van der Waals surface area contributed by atoms with E-state index in [1.54, 1.807) is 0 Å². The zero-order valence-electron chi connectivity index (χ0n) is 11.7. The average molecular weight is 336 g/mol. The summed E-state index contributed by atoms with van der Waals surface area (Å²) >= 11 is 3.70. The highest BCUT2D eigenvalue weighted by Gasteiger charge is 2.13. The first-order valence-electron chi connectivity index (χ1n) is 7.00. The van der Waals surface area contributed by atoms with E-state index in [-0.39, 0.29) is 0 Å². The minimum absolute atomic E-state index is 1.14. The Balaban J connectivity index is 2.20. The van der Waals surface area contributed by atoms with Crippen molar-refractivity contribution in [2.24, 2.45) is 0 Å². The summed E-state index contributed by atoms with van der Waals surface area (Å²) in [7, 11) is 0. The molecule has 102 valence electrons. The first-order chi connectivity index (χ1) is 10.3. The third-order valence-corrected chi connectivity index (χ3v) is 4.60. The molecule has 4 aromatic rings. The summed E-state index contributed by atoms with van der Waals surface area (Å²) in [6.45, 7) is 2.12. The molecule has 1 heterocycles. The van der Waals surface area contributed by atoms with Crippen molar-refractivity contribution in [3.05, 3.63) is 76.8 Å². The Bertz CT molecular complexity index is 949. The van der Waals surface area contributed by atoms with Gasteiger partial charge in [-0.1, -0.05) is 57.9 Å². The maximum absolute atomic E-state index is 3.70. The minimum atomic E-state index is 1.14. The van der Waals surface area contributed by atoms with E-state index in [9.17, 15) is 0 Å². The third kappa shape index (κ3) is 1.90. The minimum Gasteiger partial charge on any atom is -0.309 e. The van der Waals surface area contributed by atoms with E-state index in [0.717, 1.165) is 4.47 Å². The van der Waals surface area contributed by atoms with E-state index >= 15 is 0 Å². The van der Waals surface area contributed by atoms with Crippen LogP contribution in [0.15, 0.2) is 71.2 Å². The van der Waals surface area contributed by atoms with Crippen molar-refractivity contribution in [2.45, 2.75) is 6.92 Å². The van der Waals surface area contributed by atoms with Crippen LogP contribution in [0, 0.1) is 6.92 Å². The Labute approximate surface area is 132 Å². The van der Waals surface area contributed by atoms with Gasteiger partial charge in [-0.25, -0.2) is 0 Å². The molecule has 0 spiro atoms. The van der Waals surface area contributed by atoms with Crippen molar-refractivity contribution in [3.63, 3.8) is 0 Å². The smallest absolute Gasteiger partial charge is 0.0552 e. The zero-order valence-corrected chi connectivity index (χ0v) is 13.3. The molecule has 3 aromatic carbocycles. The van der Waals surface area contributed by atoms with E-state index in [0.29, 0.717) is 0 Å². The number of nitrogens with zero attached hydrogens (tertiary/aromatic N) is 1. The van der Waals surface area contributed by atoms with Crippen LogP contribution in [-0.2, 0) is 0 Å². The summed E-state index contributed by atoms with van der Waals surface area (Å²) in [6.07, 6.45) is 0. The molecule has 0 unspecified atom stereocenters. The van der Waals surface area contributed by atoms with Crippen molar-refractivity contribution < 1.29 is 0 Å². The van der Waals surface area contributed by atoms with E-state index in [1.807, 2.05) is 0 Å². The summed E-state index contributed by atoms with van der Waals surface area (Å²) in [5.41, 5.74) is 4.95. The van der Waals surface area contributed by atoms with Crippen LogP contribution in [-0.4, -0.2) is 4.57 Å². The summed E-state index contributed by atoms with van der Waals surface area (Å²) < 4.78 is 3.47. The first-order valence-corrected chi connectivity index (χ1v) is 7.80. The fourth-order valence-corrected chi connectivity index (χ4v) is 3.52. The Kier molecular flexibility index (Phi) is 2.86. The molecule has 0 saturated carbocycles. The third-order valence-electron chi connectivity index (χ3n) is 3.94. The monoisotopic (exact) mass is 335 g/mol. The molecule has 0 aliphatic rings. The number of halogens is 1. The van der Waals surface area contributed by atoms with Crippen LogP contribution in [0.4, 0.5) is 0 Å². The largest absolute Gasteiger partial charge is 0.309 e. The lowest BCUT2D eigenvalue weighted by atomic mass is 10.2. The van der Waals surface area contributed by atoms with Gasteiger partial charge in [0.25, 0.3) is 0 Å². The Morgan fingerprint density at radius 1 is 0.762 bits per heavy atom. The van der Waals surface area contributed by atoms with Crippen molar-refractivity contribution in [1.82, 2.24) is 4.57 Å². The number of rotatable bonds is 1. The molecule has 0 amide bonds. The molecular weight excluding hydrogens is 322 g/mol. The van der Waals surface area contributed by atoms with Crippen LogP contribution < -0.4 is 0 Å². The van der Waals surface area contributed by atoms with Gasteiger partial charge in [-0.2, -0.15) is 0 Å². The van der Waals surface area contributed by atoms with Crippen molar-refractivity contribution in [2.75, 3.05) is 0 Å². The fourth-order valence-electron chi connectivity index (χ4n) is 2.95.